The molecule has 0 radical (unpaired) electrons. The number of aliphatic hydroxyl groups is 1. The van der Waals surface area contributed by atoms with Gasteiger partial charge in [0.25, 0.3) is 0 Å². The molecular weight excluding hydrogens is 580 g/mol. The summed E-state index contributed by atoms with van der Waals surface area (Å²) in [6.07, 6.45) is 9.86. The molecule has 3 aromatic rings. The summed E-state index contributed by atoms with van der Waals surface area (Å²) in [6, 6.07) is -0.368. The second-order valence-corrected chi connectivity index (χ2v) is 12.6. The second-order valence-electron chi connectivity index (χ2n) is 12.6. The number of esters is 2. The van der Waals surface area contributed by atoms with Gasteiger partial charge in [0, 0.05) is 56.6 Å². The van der Waals surface area contributed by atoms with E-state index < -0.39 is 11.9 Å². The highest BCUT2D eigenvalue weighted by Crippen LogP contribution is 2.42. The number of hydrogen-bond acceptors (Lipinski definition) is 6. The first-order valence-electron chi connectivity index (χ1n) is 16.2. The van der Waals surface area contributed by atoms with E-state index in [1.54, 1.807) is 6.92 Å². The van der Waals surface area contributed by atoms with Crippen molar-refractivity contribution < 1.29 is 24.2 Å². The number of carbonyl (C=O) groups is 2. The van der Waals surface area contributed by atoms with E-state index in [0.29, 0.717) is 18.2 Å². The Kier molecular flexibility index (Phi) is 8.12. The van der Waals surface area contributed by atoms with Crippen LogP contribution in [0.4, 0.5) is 0 Å². The van der Waals surface area contributed by atoms with Crippen LogP contribution in [0.2, 0.25) is 0 Å². The van der Waals surface area contributed by atoms with Crippen molar-refractivity contribution in [1.82, 2.24) is 20.3 Å². The Labute approximate surface area is 268 Å². The van der Waals surface area contributed by atoms with Crippen molar-refractivity contribution in [2.45, 2.75) is 66.8 Å². The minimum absolute atomic E-state index is 0.00333. The molecule has 2 aliphatic heterocycles. The summed E-state index contributed by atoms with van der Waals surface area (Å²) in [5.41, 5.74) is 9.79. The average Bonchev–Trinajstić information content (AvgIpc) is 3.77. The molecule has 242 valence electrons. The number of nitrogens with one attached hydrogen (secondary N) is 4. The largest absolute Gasteiger partial charge is 0.510 e. The zero-order valence-corrected chi connectivity index (χ0v) is 27.7. The van der Waals surface area contributed by atoms with Crippen LogP contribution < -0.4 is 26.6 Å². The lowest BCUT2D eigenvalue weighted by Gasteiger charge is -2.26. The zero-order valence-electron chi connectivity index (χ0n) is 27.7. The van der Waals surface area contributed by atoms with Crippen LogP contribution in [0.25, 0.3) is 35.6 Å². The smallest absolute Gasteiger partial charge is 0.320 e. The molecule has 46 heavy (non-hydrogen) atoms. The average molecular weight is 625 g/mol. The van der Waals surface area contributed by atoms with E-state index >= 15 is 0 Å². The number of methoxy groups -OCH3 is 1. The van der Waals surface area contributed by atoms with Crippen LogP contribution in [0.3, 0.4) is 0 Å². The molecule has 9 heteroatoms. The van der Waals surface area contributed by atoms with Crippen molar-refractivity contribution in [2.75, 3.05) is 13.7 Å². The lowest BCUT2D eigenvalue weighted by atomic mass is 9.80. The first-order chi connectivity index (χ1) is 22.0. The summed E-state index contributed by atoms with van der Waals surface area (Å²) >= 11 is 0. The van der Waals surface area contributed by atoms with Crippen LogP contribution in [-0.4, -0.2) is 51.8 Å². The van der Waals surface area contributed by atoms with Crippen LogP contribution in [-0.2, 0) is 25.5 Å². The molecule has 0 amide bonds. The molecular formula is C37H44N4O5. The van der Waals surface area contributed by atoms with Crippen molar-refractivity contribution in [2.24, 2.45) is 17.8 Å². The third-order valence-corrected chi connectivity index (χ3v) is 10.3. The lowest BCUT2D eigenvalue weighted by molar-refractivity contribution is -0.144. The number of aromatic amines is 3. The molecule has 0 aromatic carbocycles. The van der Waals surface area contributed by atoms with E-state index in [2.05, 4.69) is 72.8 Å². The Balaban J connectivity index is 1.69. The third-order valence-electron chi connectivity index (χ3n) is 10.3. The van der Waals surface area contributed by atoms with Gasteiger partial charge < -0.3 is 34.8 Å². The maximum Gasteiger partial charge on any atom is 0.320 e. The molecule has 3 aliphatic rings. The van der Waals surface area contributed by atoms with Crippen molar-refractivity contribution in [1.29, 1.82) is 0 Å². The Hall–Kier alpha value is -4.66. The standard InChI is InChI=1S/C37H44N4O5/c1-9-21-17(4)24-14-26-19(6)23(12-13-30(42)46-11-3)34(40-26)32-33(37(44)45-8)36(43)31-20(7)27(41-35(31)32)16-29-22(10-2)18(5)25(39-29)15-28(21)38-24/h9,14-16,19,23,33-34,38-41,43H,1,10-13H2,2-8H3/b25-15-,26-14-,29-16?/t19-,23-,33+,34?/m0/s1. The Bertz CT molecular complexity index is 2050. The highest BCUT2D eigenvalue weighted by atomic mass is 16.5. The van der Waals surface area contributed by atoms with Gasteiger partial charge in [-0.1, -0.05) is 26.5 Å². The molecule has 0 spiro atoms. The lowest BCUT2D eigenvalue weighted by Crippen LogP contribution is -2.38. The number of H-pyrrole nitrogens is 3. The number of allylic oxidation sites excluding steroid dienone is 1. The summed E-state index contributed by atoms with van der Waals surface area (Å²) in [4.78, 5) is 36.8. The van der Waals surface area contributed by atoms with Crippen LogP contribution >= 0.6 is 0 Å². The first-order valence-corrected chi connectivity index (χ1v) is 16.2. The Morgan fingerprint density at radius 1 is 0.978 bits per heavy atom. The summed E-state index contributed by atoms with van der Waals surface area (Å²) in [7, 11) is 1.34. The van der Waals surface area contributed by atoms with E-state index in [1.165, 1.54) is 18.2 Å². The topological polar surface area (TPSA) is 132 Å². The van der Waals surface area contributed by atoms with Gasteiger partial charge in [0.1, 0.15) is 11.7 Å². The molecule has 0 saturated carbocycles. The third kappa shape index (κ3) is 4.84. The van der Waals surface area contributed by atoms with Crippen molar-refractivity contribution in [3.63, 3.8) is 0 Å². The van der Waals surface area contributed by atoms with Gasteiger partial charge in [-0.25, -0.2) is 0 Å². The molecule has 8 bridgehead atoms. The molecule has 9 nitrogen and oxygen atoms in total. The Morgan fingerprint density at radius 3 is 2.37 bits per heavy atom. The highest BCUT2D eigenvalue weighted by Gasteiger charge is 2.46. The van der Waals surface area contributed by atoms with Gasteiger partial charge in [0.05, 0.1) is 25.1 Å². The maximum absolute atomic E-state index is 13.4. The first kappa shape index (κ1) is 31.3. The maximum atomic E-state index is 13.4. The fraction of sp³-hybridized carbons (Fsp3) is 0.405. The predicted molar refractivity (Wildman–Crippen MR) is 180 cm³/mol. The van der Waals surface area contributed by atoms with Crippen molar-refractivity contribution in [3.05, 3.63) is 78.4 Å². The number of carbonyl (C=O) groups excluding carboxylic acids is 2. The van der Waals surface area contributed by atoms with Gasteiger partial charge >= 0.3 is 11.9 Å². The van der Waals surface area contributed by atoms with Crippen LogP contribution in [0.15, 0.2) is 12.3 Å². The molecule has 1 fully saturated rings. The number of aromatic nitrogens is 3. The number of hydrogen-bond donors (Lipinski definition) is 5. The monoisotopic (exact) mass is 624 g/mol. The highest BCUT2D eigenvalue weighted by molar-refractivity contribution is 5.95. The van der Waals surface area contributed by atoms with Crippen LogP contribution in [0.5, 0.6) is 0 Å². The quantitative estimate of drug-likeness (QED) is 0.257. The molecule has 1 unspecified atom stereocenters. The summed E-state index contributed by atoms with van der Waals surface area (Å²) < 4.78 is 10.5. The van der Waals surface area contributed by atoms with Crippen LogP contribution in [0.1, 0.15) is 78.5 Å². The minimum atomic E-state index is -0.974. The second kappa shape index (κ2) is 11.9. The number of aliphatic hydroxyl groups excluding tert-OH is 1. The van der Waals surface area contributed by atoms with Crippen molar-refractivity contribution >= 4 is 47.6 Å². The molecule has 3 aromatic heterocycles. The normalized spacial score (nSPS) is 23.2. The van der Waals surface area contributed by atoms with E-state index in [1.807, 2.05) is 13.0 Å². The summed E-state index contributed by atoms with van der Waals surface area (Å²) in [5, 5.41) is 18.8. The van der Waals surface area contributed by atoms with Gasteiger partial charge in [-0.15, -0.1) is 0 Å². The van der Waals surface area contributed by atoms with E-state index in [0.717, 1.165) is 67.5 Å². The van der Waals surface area contributed by atoms with Gasteiger partial charge in [0.2, 0.25) is 0 Å². The minimum Gasteiger partial charge on any atom is -0.510 e. The molecule has 6 rings (SSSR count). The summed E-state index contributed by atoms with van der Waals surface area (Å²) in [6.45, 7) is 16.7. The Morgan fingerprint density at radius 2 is 1.70 bits per heavy atom. The number of rotatable bonds is 7. The molecule has 1 saturated heterocycles. The van der Waals surface area contributed by atoms with Crippen LogP contribution in [0, 0.1) is 38.5 Å². The molecule has 4 atom stereocenters. The zero-order chi connectivity index (χ0) is 33.0. The SMILES string of the molecule is C=Cc1c2[nH]c(c1C)/C=C1\NC(C3=c4[nH]c(c(C)c4=C(O)[C@@H]3C(=O)OC)C=c3[nH]/c(c(C)c3CC)=C\2)[C@@H](CCC(=O)OCC)[C@@H]1C. The van der Waals surface area contributed by atoms with E-state index in [9.17, 15) is 14.7 Å². The van der Waals surface area contributed by atoms with Gasteiger partial charge in [-0.05, 0) is 92.5 Å². The molecule has 1 aliphatic carbocycles. The molecule has 5 heterocycles. The van der Waals surface area contributed by atoms with E-state index in [-0.39, 0.29) is 36.0 Å². The predicted octanol–water partition coefficient (Wildman–Crippen LogP) is 3.00. The number of fused-ring (bicyclic) bond motifs is 8. The summed E-state index contributed by atoms with van der Waals surface area (Å²) in [5.74, 6) is -1.86. The van der Waals surface area contributed by atoms with Crippen molar-refractivity contribution in [3.8, 4) is 0 Å². The fourth-order valence-corrected chi connectivity index (χ4v) is 7.80. The van der Waals surface area contributed by atoms with Gasteiger partial charge in [0.15, 0.2) is 0 Å². The van der Waals surface area contributed by atoms with E-state index in [4.69, 9.17) is 9.47 Å². The molecule has 5 N–H and O–H groups in total. The number of ether oxygens (including phenoxy) is 2. The van der Waals surface area contributed by atoms with Gasteiger partial charge in [-0.2, -0.15) is 0 Å². The fourth-order valence-electron chi connectivity index (χ4n) is 7.80. The van der Waals surface area contributed by atoms with Gasteiger partial charge in [-0.3, -0.25) is 9.59 Å².